The Hall–Kier alpha value is -1.79. The van der Waals surface area contributed by atoms with Crippen molar-refractivity contribution in [1.82, 2.24) is 9.80 Å². The number of hydrogen-bond donors (Lipinski definition) is 1. The molecule has 1 atom stereocenters. The third-order valence-corrected chi connectivity index (χ3v) is 3.48. The van der Waals surface area contributed by atoms with E-state index in [0.29, 0.717) is 13.0 Å². The lowest BCUT2D eigenvalue weighted by molar-refractivity contribution is -0.141. The van der Waals surface area contributed by atoms with Crippen molar-refractivity contribution in [3.8, 4) is 0 Å². The molecule has 7 nitrogen and oxygen atoms in total. The zero-order valence-corrected chi connectivity index (χ0v) is 12.0. The number of carboxylic acids is 1. The smallest absolute Gasteiger partial charge is 0.325 e. The summed E-state index contributed by atoms with van der Waals surface area (Å²) >= 11 is 0. The topological polar surface area (TPSA) is 87.2 Å². The van der Waals surface area contributed by atoms with Crippen LogP contribution in [0.2, 0.25) is 0 Å². The summed E-state index contributed by atoms with van der Waals surface area (Å²) in [7, 11) is 2.82. The molecule has 1 aliphatic rings. The Morgan fingerprint density at radius 3 is 2.65 bits per heavy atom. The molecule has 1 heterocycles. The number of amides is 2. The predicted molar refractivity (Wildman–Crippen MR) is 71.3 cm³/mol. The van der Waals surface area contributed by atoms with E-state index in [4.69, 9.17) is 5.11 Å². The van der Waals surface area contributed by atoms with Gasteiger partial charge in [-0.1, -0.05) is 0 Å². The third-order valence-electron chi connectivity index (χ3n) is 3.48. The highest BCUT2D eigenvalue weighted by molar-refractivity contribution is 5.81. The van der Waals surface area contributed by atoms with Gasteiger partial charge in [-0.2, -0.15) is 0 Å². The molecule has 1 unspecified atom stereocenters. The molecule has 0 bridgehead atoms. The maximum Gasteiger partial charge on any atom is 0.325 e. The van der Waals surface area contributed by atoms with Gasteiger partial charge in [0.05, 0.1) is 7.11 Å². The van der Waals surface area contributed by atoms with Crippen molar-refractivity contribution in [2.75, 3.05) is 27.2 Å². The van der Waals surface area contributed by atoms with E-state index in [1.54, 1.807) is 11.9 Å². The zero-order valence-electron chi connectivity index (χ0n) is 12.0. The van der Waals surface area contributed by atoms with E-state index < -0.39 is 11.9 Å². The molecule has 0 aromatic rings. The second kappa shape index (κ2) is 7.72. The van der Waals surface area contributed by atoms with Crippen LogP contribution in [-0.4, -0.2) is 66.2 Å². The number of urea groups is 1. The zero-order chi connectivity index (χ0) is 15.1. The second-order valence-corrected chi connectivity index (χ2v) is 4.99. The second-order valence-electron chi connectivity index (χ2n) is 4.99. The van der Waals surface area contributed by atoms with E-state index >= 15 is 0 Å². The minimum absolute atomic E-state index is 0.0508. The Morgan fingerprint density at radius 1 is 1.35 bits per heavy atom. The lowest BCUT2D eigenvalue weighted by Crippen LogP contribution is -2.50. The highest BCUT2D eigenvalue weighted by Crippen LogP contribution is 2.22. The quantitative estimate of drug-likeness (QED) is 0.760. The first-order chi connectivity index (χ1) is 9.45. The van der Waals surface area contributed by atoms with Crippen molar-refractivity contribution in [3.05, 3.63) is 0 Å². The van der Waals surface area contributed by atoms with Crippen LogP contribution in [0.25, 0.3) is 0 Å². The number of nitrogens with zero attached hydrogens (tertiary/aromatic N) is 2. The molecule has 1 aliphatic heterocycles. The third kappa shape index (κ3) is 4.71. The molecule has 0 aromatic heterocycles. The number of methoxy groups -OCH3 is 1. The number of esters is 1. The van der Waals surface area contributed by atoms with Crippen LogP contribution < -0.4 is 0 Å². The van der Waals surface area contributed by atoms with Gasteiger partial charge in [-0.05, 0) is 25.7 Å². The Kier molecular flexibility index (Phi) is 6.27. The Bertz CT molecular complexity index is 372. The lowest BCUT2D eigenvalue weighted by atomic mass is 9.98. The molecule has 1 N–H and O–H groups in total. The van der Waals surface area contributed by atoms with Gasteiger partial charge in [0.25, 0.3) is 0 Å². The van der Waals surface area contributed by atoms with Gasteiger partial charge in [0.2, 0.25) is 0 Å². The maximum atomic E-state index is 12.3. The van der Waals surface area contributed by atoms with Gasteiger partial charge in [-0.25, -0.2) is 4.79 Å². The van der Waals surface area contributed by atoms with Gasteiger partial charge < -0.3 is 19.6 Å². The van der Waals surface area contributed by atoms with Crippen molar-refractivity contribution in [2.45, 2.75) is 38.1 Å². The molecule has 0 saturated carbocycles. The number of piperidine rings is 1. The monoisotopic (exact) mass is 286 g/mol. The van der Waals surface area contributed by atoms with Crippen molar-refractivity contribution in [3.63, 3.8) is 0 Å². The maximum absolute atomic E-state index is 12.3. The van der Waals surface area contributed by atoms with Crippen LogP contribution in [0.5, 0.6) is 0 Å². The van der Waals surface area contributed by atoms with E-state index in [1.165, 1.54) is 12.0 Å². The van der Waals surface area contributed by atoms with Crippen LogP contribution in [0, 0.1) is 0 Å². The molecule has 0 aromatic carbocycles. The average Bonchev–Trinajstić information content (AvgIpc) is 2.44. The molecule has 2 amide bonds. The van der Waals surface area contributed by atoms with Crippen molar-refractivity contribution < 1.29 is 24.2 Å². The van der Waals surface area contributed by atoms with E-state index in [2.05, 4.69) is 4.74 Å². The fourth-order valence-electron chi connectivity index (χ4n) is 2.39. The molecule has 0 radical (unpaired) electrons. The summed E-state index contributed by atoms with van der Waals surface area (Å²) in [4.78, 5) is 37.1. The van der Waals surface area contributed by atoms with Crippen LogP contribution in [0.15, 0.2) is 0 Å². The Labute approximate surface area is 118 Å². The normalized spacial score (nSPS) is 18.5. The number of carbonyl (C=O) groups excluding carboxylic acids is 2. The largest absolute Gasteiger partial charge is 0.481 e. The molecule has 0 spiro atoms. The Morgan fingerprint density at radius 2 is 2.05 bits per heavy atom. The molecular formula is C13H22N2O5. The number of hydrogen-bond acceptors (Lipinski definition) is 4. The molecule has 20 heavy (non-hydrogen) atoms. The fourth-order valence-corrected chi connectivity index (χ4v) is 2.39. The van der Waals surface area contributed by atoms with E-state index in [-0.39, 0.29) is 25.0 Å². The molecule has 1 rings (SSSR count). The number of rotatable bonds is 5. The number of aliphatic carboxylic acids is 1. The van der Waals surface area contributed by atoms with Gasteiger partial charge in [0.15, 0.2) is 0 Å². The van der Waals surface area contributed by atoms with E-state index in [1.807, 2.05) is 0 Å². The van der Waals surface area contributed by atoms with Crippen LogP contribution >= 0.6 is 0 Å². The average molecular weight is 286 g/mol. The highest BCUT2D eigenvalue weighted by atomic mass is 16.5. The van der Waals surface area contributed by atoms with Crippen LogP contribution in [0.1, 0.15) is 32.1 Å². The molecular weight excluding hydrogens is 264 g/mol. The van der Waals surface area contributed by atoms with Gasteiger partial charge in [0.1, 0.15) is 6.54 Å². The first kappa shape index (κ1) is 16.3. The van der Waals surface area contributed by atoms with Crippen LogP contribution in [-0.2, 0) is 14.3 Å². The van der Waals surface area contributed by atoms with Crippen LogP contribution in [0.3, 0.4) is 0 Å². The van der Waals surface area contributed by atoms with Gasteiger partial charge in [-0.3, -0.25) is 9.59 Å². The van der Waals surface area contributed by atoms with Gasteiger partial charge in [-0.15, -0.1) is 0 Å². The minimum atomic E-state index is -0.856. The molecule has 114 valence electrons. The predicted octanol–water partition coefficient (Wildman–Crippen LogP) is 0.930. The SMILES string of the molecule is COC(=O)CN(C)C(=O)N1CCCCC1CCC(=O)O. The standard InChI is InChI=1S/C13H22N2O5/c1-14(9-12(18)20-2)13(19)15-8-4-3-5-10(15)6-7-11(16)17/h10H,3-9H2,1-2H3,(H,16,17). The molecule has 0 aliphatic carbocycles. The molecule has 1 fully saturated rings. The summed E-state index contributed by atoms with van der Waals surface area (Å²) < 4.78 is 4.54. The van der Waals surface area contributed by atoms with E-state index in [0.717, 1.165) is 19.3 Å². The number of likely N-dealkylation sites (N-methyl/N-ethyl adjacent to an activating group) is 1. The summed E-state index contributed by atoms with van der Waals surface area (Å²) in [6, 6.07) is -0.307. The van der Waals surface area contributed by atoms with E-state index in [9.17, 15) is 14.4 Å². The molecule has 7 heteroatoms. The van der Waals surface area contributed by atoms with Gasteiger partial charge >= 0.3 is 18.0 Å². The van der Waals surface area contributed by atoms with Crippen LogP contribution in [0.4, 0.5) is 4.79 Å². The van der Waals surface area contributed by atoms with Crippen molar-refractivity contribution in [1.29, 1.82) is 0 Å². The first-order valence-corrected chi connectivity index (χ1v) is 6.76. The Balaban J connectivity index is 2.61. The summed E-state index contributed by atoms with van der Waals surface area (Å²) in [6.45, 7) is 0.506. The fraction of sp³-hybridized carbons (Fsp3) is 0.769. The number of likely N-dealkylation sites (tertiary alicyclic amines) is 1. The summed E-state index contributed by atoms with van der Waals surface area (Å²) in [6.07, 6.45) is 3.21. The van der Waals surface area contributed by atoms with Crippen molar-refractivity contribution in [2.24, 2.45) is 0 Å². The summed E-state index contributed by atoms with van der Waals surface area (Å²) in [5.41, 5.74) is 0. The van der Waals surface area contributed by atoms with Crippen molar-refractivity contribution >= 4 is 18.0 Å². The lowest BCUT2D eigenvalue weighted by Gasteiger charge is -2.37. The number of carbonyl (C=O) groups is 3. The molecule has 1 saturated heterocycles. The summed E-state index contributed by atoms with van der Waals surface area (Å²) in [5.74, 6) is -1.33. The van der Waals surface area contributed by atoms with Gasteiger partial charge in [0, 0.05) is 26.1 Å². The summed E-state index contributed by atoms with van der Waals surface area (Å²) in [5, 5.41) is 8.75. The number of ether oxygens (including phenoxy) is 1. The first-order valence-electron chi connectivity index (χ1n) is 6.76. The number of carboxylic acid groups (broad SMARTS) is 1. The minimum Gasteiger partial charge on any atom is -0.481 e. The highest BCUT2D eigenvalue weighted by Gasteiger charge is 2.29.